The van der Waals surface area contributed by atoms with Crippen LogP contribution in [0.3, 0.4) is 0 Å². The van der Waals surface area contributed by atoms with Gasteiger partial charge in [0.25, 0.3) is 0 Å². The minimum Gasteiger partial charge on any atom is -0.255 e. The van der Waals surface area contributed by atoms with Gasteiger partial charge in [-0.1, -0.05) is 66.7 Å². The third kappa shape index (κ3) is 2.43. The first-order valence-electron chi connectivity index (χ1n) is 7.32. The fraction of sp³-hybridized carbons (Fsp3) is 0.111. The van der Waals surface area contributed by atoms with Crippen LogP contribution in [0.5, 0.6) is 0 Å². The molecule has 1 atom stereocenters. The van der Waals surface area contributed by atoms with E-state index >= 15 is 0 Å². The standard InChI is InChI=1S/C18H15NO3S/c20-23(21)19-18(13-22-23,16-8-2-1-3-9-16)17-11-10-14-6-4-5-7-15(14)12-17/h1-12,19H,13H2. The Kier molecular flexibility index (Phi) is 3.23. The average molecular weight is 325 g/mol. The first-order chi connectivity index (χ1) is 11.1. The molecular weight excluding hydrogens is 310 g/mol. The molecule has 1 aliphatic heterocycles. The molecule has 1 unspecified atom stereocenters. The van der Waals surface area contributed by atoms with E-state index in [1.54, 1.807) is 0 Å². The number of hydrogen-bond donors (Lipinski definition) is 1. The van der Waals surface area contributed by atoms with Crippen LogP contribution in [-0.2, 0) is 20.0 Å². The Bertz CT molecular complexity index is 970. The molecule has 1 heterocycles. The molecule has 5 heteroatoms. The molecular formula is C18H15NO3S. The molecule has 4 nitrogen and oxygen atoms in total. The van der Waals surface area contributed by atoms with E-state index in [9.17, 15) is 8.42 Å². The summed E-state index contributed by atoms with van der Waals surface area (Å²) in [6, 6.07) is 23.5. The number of nitrogens with one attached hydrogen (secondary N) is 1. The van der Waals surface area contributed by atoms with Gasteiger partial charge in [-0.15, -0.1) is 0 Å². The third-order valence-corrected chi connectivity index (χ3v) is 5.27. The lowest BCUT2D eigenvalue weighted by Gasteiger charge is -2.27. The number of fused-ring (bicyclic) bond motifs is 1. The van der Waals surface area contributed by atoms with Crippen LogP contribution in [0.4, 0.5) is 0 Å². The van der Waals surface area contributed by atoms with Gasteiger partial charge in [-0.3, -0.25) is 4.18 Å². The highest BCUT2D eigenvalue weighted by Gasteiger charge is 2.45. The van der Waals surface area contributed by atoms with Crippen molar-refractivity contribution in [2.24, 2.45) is 0 Å². The van der Waals surface area contributed by atoms with Crippen molar-refractivity contribution in [3.05, 3.63) is 83.9 Å². The topological polar surface area (TPSA) is 55.4 Å². The molecule has 1 N–H and O–H groups in total. The van der Waals surface area contributed by atoms with Gasteiger partial charge >= 0.3 is 10.3 Å². The summed E-state index contributed by atoms with van der Waals surface area (Å²) in [7, 11) is -3.75. The van der Waals surface area contributed by atoms with Crippen molar-refractivity contribution in [2.75, 3.05) is 6.61 Å². The van der Waals surface area contributed by atoms with Crippen LogP contribution >= 0.6 is 0 Å². The molecule has 1 aliphatic rings. The highest BCUT2D eigenvalue weighted by molar-refractivity contribution is 7.85. The maximum atomic E-state index is 11.9. The van der Waals surface area contributed by atoms with E-state index in [1.807, 2.05) is 72.8 Å². The second-order valence-corrected chi connectivity index (χ2v) is 7.00. The highest BCUT2D eigenvalue weighted by atomic mass is 32.2. The molecule has 0 saturated carbocycles. The first-order valence-corrected chi connectivity index (χ1v) is 8.73. The summed E-state index contributed by atoms with van der Waals surface area (Å²) < 4.78 is 31.6. The van der Waals surface area contributed by atoms with Crippen LogP contribution in [0.2, 0.25) is 0 Å². The molecule has 23 heavy (non-hydrogen) atoms. The predicted molar refractivity (Wildman–Crippen MR) is 89.2 cm³/mol. The Morgan fingerprint density at radius 3 is 2.22 bits per heavy atom. The van der Waals surface area contributed by atoms with Gasteiger partial charge in [-0.2, -0.15) is 13.1 Å². The lowest BCUT2D eigenvalue weighted by molar-refractivity contribution is 0.300. The number of rotatable bonds is 2. The van der Waals surface area contributed by atoms with Crippen molar-refractivity contribution in [1.29, 1.82) is 0 Å². The summed E-state index contributed by atoms with van der Waals surface area (Å²) in [5, 5.41) is 2.17. The second kappa shape index (κ2) is 5.16. The van der Waals surface area contributed by atoms with Gasteiger partial charge in [0, 0.05) is 0 Å². The molecule has 0 aliphatic carbocycles. The zero-order chi connectivity index (χ0) is 15.9. The fourth-order valence-electron chi connectivity index (χ4n) is 3.07. The van der Waals surface area contributed by atoms with Gasteiger partial charge < -0.3 is 0 Å². The van der Waals surface area contributed by atoms with Gasteiger partial charge in [0.05, 0.1) is 6.61 Å². The predicted octanol–water partition coefficient (Wildman–Crippen LogP) is 2.95. The fourth-order valence-corrected chi connectivity index (χ4v) is 4.18. The van der Waals surface area contributed by atoms with E-state index in [0.717, 1.165) is 21.9 Å². The van der Waals surface area contributed by atoms with E-state index in [-0.39, 0.29) is 6.61 Å². The Balaban J connectivity index is 1.94. The Morgan fingerprint density at radius 2 is 1.52 bits per heavy atom. The summed E-state index contributed by atoms with van der Waals surface area (Å²) in [4.78, 5) is 0. The van der Waals surface area contributed by atoms with Crippen molar-refractivity contribution in [1.82, 2.24) is 4.72 Å². The SMILES string of the molecule is O=S1(=O)NC(c2ccccc2)(c2ccc3ccccc3c2)CO1. The van der Waals surface area contributed by atoms with Crippen LogP contribution < -0.4 is 4.72 Å². The summed E-state index contributed by atoms with van der Waals surface area (Å²) in [5.41, 5.74) is 0.823. The molecule has 3 aromatic rings. The van der Waals surface area contributed by atoms with E-state index in [1.165, 1.54) is 0 Å². The van der Waals surface area contributed by atoms with Crippen molar-refractivity contribution in [2.45, 2.75) is 5.54 Å². The van der Waals surface area contributed by atoms with Crippen LogP contribution in [0.25, 0.3) is 10.8 Å². The van der Waals surface area contributed by atoms with Crippen molar-refractivity contribution in [3.8, 4) is 0 Å². The minimum absolute atomic E-state index is 0.0394. The van der Waals surface area contributed by atoms with E-state index in [0.29, 0.717) is 0 Å². The molecule has 1 saturated heterocycles. The van der Waals surface area contributed by atoms with E-state index in [4.69, 9.17) is 4.18 Å². The Morgan fingerprint density at radius 1 is 0.826 bits per heavy atom. The zero-order valence-corrected chi connectivity index (χ0v) is 13.1. The maximum Gasteiger partial charge on any atom is 0.337 e. The largest absolute Gasteiger partial charge is 0.337 e. The molecule has 0 aromatic heterocycles. The van der Waals surface area contributed by atoms with Gasteiger partial charge in [0.2, 0.25) is 0 Å². The molecule has 0 bridgehead atoms. The smallest absolute Gasteiger partial charge is 0.255 e. The molecule has 1 fully saturated rings. The second-order valence-electron chi connectivity index (χ2n) is 5.65. The Hall–Kier alpha value is -2.21. The van der Waals surface area contributed by atoms with E-state index < -0.39 is 15.8 Å². The normalized spacial score (nSPS) is 23.1. The quantitative estimate of drug-likeness (QED) is 0.788. The van der Waals surface area contributed by atoms with Crippen LogP contribution in [0.1, 0.15) is 11.1 Å². The summed E-state index contributed by atoms with van der Waals surface area (Å²) in [6.45, 7) is 0.0394. The third-order valence-electron chi connectivity index (χ3n) is 4.24. The molecule has 4 rings (SSSR count). The zero-order valence-electron chi connectivity index (χ0n) is 12.3. The van der Waals surface area contributed by atoms with E-state index in [2.05, 4.69) is 4.72 Å². The van der Waals surface area contributed by atoms with Gasteiger partial charge in [-0.05, 0) is 28.0 Å². The summed E-state index contributed by atoms with van der Waals surface area (Å²) >= 11 is 0. The molecule has 0 spiro atoms. The van der Waals surface area contributed by atoms with Crippen molar-refractivity contribution >= 4 is 21.1 Å². The molecule has 116 valence electrons. The molecule has 0 amide bonds. The van der Waals surface area contributed by atoms with Gasteiger partial charge in [0.15, 0.2) is 0 Å². The van der Waals surface area contributed by atoms with Gasteiger partial charge in [0.1, 0.15) is 5.54 Å². The average Bonchev–Trinajstić information content (AvgIpc) is 2.92. The van der Waals surface area contributed by atoms with Crippen molar-refractivity contribution in [3.63, 3.8) is 0 Å². The highest BCUT2D eigenvalue weighted by Crippen LogP contribution is 2.36. The van der Waals surface area contributed by atoms with Crippen LogP contribution in [0, 0.1) is 0 Å². The lowest BCUT2D eigenvalue weighted by atomic mass is 9.83. The van der Waals surface area contributed by atoms with Crippen LogP contribution in [-0.4, -0.2) is 15.0 Å². The molecule has 0 radical (unpaired) electrons. The number of hydrogen-bond acceptors (Lipinski definition) is 3. The Labute approximate surface area is 135 Å². The summed E-state index contributed by atoms with van der Waals surface area (Å²) in [5.74, 6) is 0. The lowest BCUT2D eigenvalue weighted by Crippen LogP contribution is -2.41. The maximum absolute atomic E-state index is 11.9. The summed E-state index contributed by atoms with van der Waals surface area (Å²) in [6.07, 6.45) is 0. The monoisotopic (exact) mass is 325 g/mol. The van der Waals surface area contributed by atoms with Gasteiger partial charge in [-0.25, -0.2) is 0 Å². The number of benzene rings is 3. The minimum atomic E-state index is -3.75. The van der Waals surface area contributed by atoms with Crippen molar-refractivity contribution < 1.29 is 12.6 Å². The molecule has 3 aromatic carbocycles. The first kappa shape index (κ1) is 14.4. The van der Waals surface area contributed by atoms with Crippen LogP contribution in [0.15, 0.2) is 72.8 Å².